The average molecular weight is 432 g/mol. The summed E-state index contributed by atoms with van der Waals surface area (Å²) in [5.41, 5.74) is 3.97. The summed E-state index contributed by atoms with van der Waals surface area (Å²) < 4.78 is 11.3. The van der Waals surface area contributed by atoms with Crippen molar-refractivity contribution in [3.05, 3.63) is 58.3 Å². The third-order valence-corrected chi connectivity index (χ3v) is 5.27. The molecule has 1 amide bonds. The summed E-state index contributed by atoms with van der Waals surface area (Å²) in [5.74, 6) is 0.516. The quantitative estimate of drug-likeness (QED) is 0.333. The van der Waals surface area contributed by atoms with Gasteiger partial charge in [0.2, 0.25) is 5.91 Å². The Labute approximate surface area is 180 Å². The maximum absolute atomic E-state index is 12.2. The molecule has 0 aliphatic rings. The van der Waals surface area contributed by atoms with Crippen LogP contribution >= 0.6 is 23.2 Å². The van der Waals surface area contributed by atoms with Crippen molar-refractivity contribution in [3.63, 3.8) is 0 Å². The molecule has 0 fully saturated rings. The number of amides is 1. The standard InChI is InChI=1S/C23H23Cl2NO3/c1-4-5-8-26-23(27)9-14(2)17-11-18-19(13-29-22(18)12-21(17)28-3)16-7-6-15(24)10-20(16)25/h6-7,9-13H,4-5,8H2,1-3H3,(H,26,27)/b14-9+. The molecule has 0 unspecified atom stereocenters. The SMILES string of the molecule is CCCCNC(=O)/C=C(\C)c1cc2c(-c3ccc(Cl)cc3Cl)coc2cc1OC. The van der Waals surface area contributed by atoms with Crippen LogP contribution in [-0.2, 0) is 4.79 Å². The summed E-state index contributed by atoms with van der Waals surface area (Å²) in [6, 6.07) is 9.14. The monoisotopic (exact) mass is 431 g/mol. The molecule has 2 aromatic carbocycles. The number of benzene rings is 2. The van der Waals surface area contributed by atoms with Crippen LogP contribution in [0.5, 0.6) is 5.75 Å². The number of hydrogen-bond donors (Lipinski definition) is 1. The molecule has 6 heteroatoms. The lowest BCUT2D eigenvalue weighted by Gasteiger charge is -2.10. The molecule has 152 valence electrons. The van der Waals surface area contributed by atoms with Crippen LogP contribution in [0.3, 0.4) is 0 Å². The van der Waals surface area contributed by atoms with Crippen molar-refractivity contribution >= 4 is 45.7 Å². The number of ether oxygens (including phenoxy) is 1. The Morgan fingerprint density at radius 2 is 2.00 bits per heavy atom. The molecule has 4 nitrogen and oxygen atoms in total. The molecule has 0 radical (unpaired) electrons. The van der Waals surface area contributed by atoms with Gasteiger partial charge in [-0.3, -0.25) is 4.79 Å². The molecule has 0 aliphatic heterocycles. The second-order valence-electron chi connectivity index (χ2n) is 6.79. The van der Waals surface area contributed by atoms with Gasteiger partial charge >= 0.3 is 0 Å². The number of hydrogen-bond acceptors (Lipinski definition) is 3. The second-order valence-corrected chi connectivity index (χ2v) is 7.64. The predicted octanol–water partition coefficient (Wildman–Crippen LogP) is 6.73. The van der Waals surface area contributed by atoms with Crippen molar-refractivity contribution in [3.8, 4) is 16.9 Å². The number of halogens is 2. The van der Waals surface area contributed by atoms with Gasteiger partial charge in [0.1, 0.15) is 11.3 Å². The molecular weight excluding hydrogens is 409 g/mol. The number of carbonyl (C=O) groups is 1. The minimum absolute atomic E-state index is 0.119. The molecule has 0 spiro atoms. The lowest BCUT2D eigenvalue weighted by atomic mass is 9.99. The highest BCUT2D eigenvalue weighted by Gasteiger charge is 2.16. The molecule has 1 heterocycles. The first-order chi connectivity index (χ1) is 13.9. The second kappa shape index (κ2) is 9.38. The van der Waals surface area contributed by atoms with E-state index in [2.05, 4.69) is 12.2 Å². The van der Waals surface area contributed by atoms with E-state index < -0.39 is 0 Å². The van der Waals surface area contributed by atoms with Gasteiger partial charge in [-0.2, -0.15) is 0 Å². The molecule has 3 aromatic rings. The fraction of sp³-hybridized carbons (Fsp3) is 0.261. The minimum Gasteiger partial charge on any atom is -0.496 e. The van der Waals surface area contributed by atoms with Crippen molar-refractivity contribution in [2.24, 2.45) is 0 Å². The van der Waals surface area contributed by atoms with E-state index in [9.17, 15) is 4.79 Å². The van der Waals surface area contributed by atoms with Gasteiger partial charge in [0.25, 0.3) is 0 Å². The van der Waals surface area contributed by atoms with Gasteiger partial charge in [-0.25, -0.2) is 0 Å². The summed E-state index contributed by atoms with van der Waals surface area (Å²) in [4.78, 5) is 12.2. The van der Waals surface area contributed by atoms with Crippen molar-refractivity contribution in [2.45, 2.75) is 26.7 Å². The molecule has 0 bridgehead atoms. The smallest absolute Gasteiger partial charge is 0.244 e. The van der Waals surface area contributed by atoms with E-state index >= 15 is 0 Å². The summed E-state index contributed by atoms with van der Waals surface area (Å²) >= 11 is 12.4. The van der Waals surface area contributed by atoms with E-state index in [1.807, 2.05) is 25.1 Å². The Hall–Kier alpha value is -2.43. The first kappa shape index (κ1) is 21.3. The molecular formula is C23H23Cl2NO3. The van der Waals surface area contributed by atoms with E-state index in [0.717, 1.165) is 40.5 Å². The Balaban J connectivity index is 2.04. The van der Waals surface area contributed by atoms with Crippen molar-refractivity contribution in [1.29, 1.82) is 0 Å². The van der Waals surface area contributed by atoms with Crippen LogP contribution in [0.4, 0.5) is 0 Å². The molecule has 1 N–H and O–H groups in total. The Kier molecular flexibility index (Phi) is 6.88. The first-order valence-electron chi connectivity index (χ1n) is 9.45. The summed E-state index contributed by atoms with van der Waals surface area (Å²) in [7, 11) is 1.60. The number of unbranched alkanes of at least 4 members (excludes halogenated alkanes) is 1. The number of furan rings is 1. The Morgan fingerprint density at radius 1 is 1.21 bits per heavy atom. The van der Waals surface area contributed by atoms with Crippen LogP contribution in [0.15, 0.2) is 47.1 Å². The van der Waals surface area contributed by atoms with Crippen LogP contribution < -0.4 is 10.1 Å². The fourth-order valence-electron chi connectivity index (χ4n) is 3.16. The molecule has 0 saturated carbocycles. The number of methoxy groups -OCH3 is 1. The van der Waals surface area contributed by atoms with E-state index in [4.69, 9.17) is 32.4 Å². The topological polar surface area (TPSA) is 51.5 Å². The van der Waals surface area contributed by atoms with Gasteiger partial charge in [-0.05, 0) is 37.1 Å². The number of nitrogens with one attached hydrogen (secondary N) is 1. The molecule has 29 heavy (non-hydrogen) atoms. The number of rotatable bonds is 7. The Morgan fingerprint density at radius 3 is 2.69 bits per heavy atom. The number of carbonyl (C=O) groups excluding carboxylic acids is 1. The zero-order chi connectivity index (χ0) is 21.0. The highest BCUT2D eigenvalue weighted by Crippen LogP contribution is 2.40. The predicted molar refractivity (Wildman–Crippen MR) is 120 cm³/mol. The average Bonchev–Trinajstić information content (AvgIpc) is 3.09. The van der Waals surface area contributed by atoms with E-state index in [-0.39, 0.29) is 5.91 Å². The van der Waals surface area contributed by atoms with Gasteiger partial charge in [-0.1, -0.05) is 42.6 Å². The maximum atomic E-state index is 12.2. The van der Waals surface area contributed by atoms with Gasteiger partial charge in [0, 0.05) is 45.8 Å². The van der Waals surface area contributed by atoms with Crippen LogP contribution in [0.1, 0.15) is 32.3 Å². The molecule has 1 aromatic heterocycles. The van der Waals surface area contributed by atoms with Crippen LogP contribution in [-0.4, -0.2) is 19.6 Å². The van der Waals surface area contributed by atoms with Gasteiger partial charge < -0.3 is 14.5 Å². The molecule has 0 saturated heterocycles. The van der Waals surface area contributed by atoms with E-state index in [0.29, 0.717) is 27.9 Å². The van der Waals surface area contributed by atoms with Crippen molar-refractivity contribution in [1.82, 2.24) is 5.32 Å². The zero-order valence-electron chi connectivity index (χ0n) is 16.6. The molecule has 3 rings (SSSR count). The lowest BCUT2D eigenvalue weighted by molar-refractivity contribution is -0.116. The maximum Gasteiger partial charge on any atom is 0.244 e. The van der Waals surface area contributed by atoms with Gasteiger partial charge in [-0.15, -0.1) is 0 Å². The third kappa shape index (κ3) is 4.77. The fourth-order valence-corrected chi connectivity index (χ4v) is 3.67. The van der Waals surface area contributed by atoms with Crippen LogP contribution in [0, 0.1) is 0 Å². The third-order valence-electron chi connectivity index (χ3n) is 4.72. The normalized spacial score (nSPS) is 11.7. The molecule has 0 atom stereocenters. The summed E-state index contributed by atoms with van der Waals surface area (Å²) in [6.45, 7) is 4.64. The lowest BCUT2D eigenvalue weighted by Crippen LogP contribution is -2.22. The van der Waals surface area contributed by atoms with Gasteiger partial charge in [0.05, 0.1) is 18.4 Å². The highest BCUT2D eigenvalue weighted by molar-refractivity contribution is 6.36. The number of allylic oxidation sites excluding steroid dienone is 1. The first-order valence-corrected chi connectivity index (χ1v) is 10.2. The molecule has 0 aliphatic carbocycles. The van der Waals surface area contributed by atoms with Crippen molar-refractivity contribution in [2.75, 3.05) is 13.7 Å². The Bertz CT molecular complexity index is 1070. The number of fused-ring (bicyclic) bond motifs is 1. The van der Waals surface area contributed by atoms with Crippen molar-refractivity contribution < 1.29 is 13.9 Å². The van der Waals surface area contributed by atoms with Crippen LogP contribution in [0.25, 0.3) is 27.7 Å². The summed E-state index contributed by atoms with van der Waals surface area (Å²) in [5, 5.41) is 4.89. The van der Waals surface area contributed by atoms with E-state index in [1.165, 1.54) is 0 Å². The highest BCUT2D eigenvalue weighted by atomic mass is 35.5. The zero-order valence-corrected chi connectivity index (χ0v) is 18.2. The van der Waals surface area contributed by atoms with E-state index in [1.54, 1.807) is 31.6 Å². The summed E-state index contributed by atoms with van der Waals surface area (Å²) in [6.07, 6.45) is 5.24. The minimum atomic E-state index is -0.119. The van der Waals surface area contributed by atoms with Gasteiger partial charge in [0.15, 0.2) is 0 Å². The largest absolute Gasteiger partial charge is 0.496 e. The van der Waals surface area contributed by atoms with Crippen LogP contribution in [0.2, 0.25) is 10.0 Å².